The Morgan fingerprint density at radius 1 is 1.05 bits per heavy atom. The summed E-state index contributed by atoms with van der Waals surface area (Å²) in [5.74, 6) is 0.870. The fraction of sp³-hybridized carbons (Fsp3) is 0.294. The second-order valence-corrected chi connectivity index (χ2v) is 6.37. The van der Waals surface area contributed by atoms with Crippen LogP contribution in [0.15, 0.2) is 46.9 Å². The van der Waals surface area contributed by atoms with Crippen molar-refractivity contribution >= 4 is 27.5 Å². The Bertz CT molecular complexity index is 600. The van der Waals surface area contributed by atoms with Crippen LogP contribution in [0.1, 0.15) is 37.1 Å². The molecule has 112 valence electrons. The third-order valence-corrected chi connectivity index (χ3v) is 4.37. The van der Waals surface area contributed by atoms with Crippen LogP contribution >= 0.6 is 27.5 Å². The average Bonchev–Trinajstić information content (AvgIpc) is 2.47. The van der Waals surface area contributed by atoms with Crippen LogP contribution in [0.25, 0.3) is 0 Å². The minimum Gasteiger partial charge on any atom is -0.497 e. The number of nitrogens with one attached hydrogen (secondary N) is 1. The first kappa shape index (κ1) is 16.3. The molecule has 0 aliphatic heterocycles. The number of hydrogen-bond donors (Lipinski definition) is 1. The summed E-state index contributed by atoms with van der Waals surface area (Å²) in [5.41, 5.74) is 2.32. The summed E-state index contributed by atoms with van der Waals surface area (Å²) < 4.78 is 6.18. The first-order valence-electron chi connectivity index (χ1n) is 6.86. The lowest BCUT2D eigenvalue weighted by atomic mass is 10.0. The lowest BCUT2D eigenvalue weighted by Crippen LogP contribution is -2.22. The van der Waals surface area contributed by atoms with Gasteiger partial charge in [0.1, 0.15) is 5.75 Å². The molecule has 0 bridgehead atoms. The second kappa shape index (κ2) is 7.30. The van der Waals surface area contributed by atoms with Gasteiger partial charge >= 0.3 is 0 Å². The number of benzene rings is 2. The molecule has 0 aliphatic rings. The van der Waals surface area contributed by atoms with Gasteiger partial charge in [-0.2, -0.15) is 0 Å². The highest BCUT2D eigenvalue weighted by Gasteiger charge is 2.14. The van der Waals surface area contributed by atoms with E-state index in [2.05, 4.69) is 47.2 Å². The Labute approximate surface area is 139 Å². The maximum atomic E-state index is 6.31. The second-order valence-electron chi connectivity index (χ2n) is 5.05. The molecule has 0 aromatic heterocycles. The van der Waals surface area contributed by atoms with Crippen LogP contribution in [0.5, 0.6) is 5.75 Å². The monoisotopic (exact) mass is 367 g/mol. The minimum absolute atomic E-state index is 0.169. The molecular weight excluding hydrogens is 350 g/mol. The molecule has 0 amide bonds. The first-order chi connectivity index (χ1) is 10.0. The molecule has 2 aromatic rings. The number of ether oxygens (including phenoxy) is 1. The van der Waals surface area contributed by atoms with E-state index >= 15 is 0 Å². The zero-order chi connectivity index (χ0) is 15.4. The summed E-state index contributed by atoms with van der Waals surface area (Å²) in [6.07, 6.45) is 0. The minimum atomic E-state index is 0.169. The molecule has 4 heteroatoms. The third kappa shape index (κ3) is 4.22. The van der Waals surface area contributed by atoms with Crippen molar-refractivity contribution in [3.63, 3.8) is 0 Å². The molecule has 0 fully saturated rings. The highest BCUT2D eigenvalue weighted by molar-refractivity contribution is 9.10. The van der Waals surface area contributed by atoms with Crippen LogP contribution in [-0.4, -0.2) is 7.11 Å². The normalized spacial score (nSPS) is 13.8. The van der Waals surface area contributed by atoms with Crippen molar-refractivity contribution in [2.24, 2.45) is 0 Å². The maximum absolute atomic E-state index is 6.31. The molecule has 2 atom stereocenters. The van der Waals surface area contributed by atoms with E-state index in [1.54, 1.807) is 7.11 Å². The quantitative estimate of drug-likeness (QED) is 0.750. The predicted octanol–water partition coefficient (Wildman–Crippen LogP) is 5.52. The van der Waals surface area contributed by atoms with Gasteiger partial charge in [-0.25, -0.2) is 0 Å². The van der Waals surface area contributed by atoms with E-state index in [9.17, 15) is 0 Å². The average molecular weight is 369 g/mol. The van der Waals surface area contributed by atoms with E-state index < -0.39 is 0 Å². The van der Waals surface area contributed by atoms with Gasteiger partial charge in [0, 0.05) is 21.6 Å². The standard InChI is InChI=1S/C17H19BrClNO/c1-11(13-4-7-15(21-3)8-5-13)20-12(2)16-9-6-14(18)10-17(16)19/h4-12,20H,1-3H3. The Morgan fingerprint density at radius 2 is 1.71 bits per heavy atom. The lowest BCUT2D eigenvalue weighted by Gasteiger charge is -2.22. The van der Waals surface area contributed by atoms with Crippen LogP contribution in [0.4, 0.5) is 0 Å². The highest BCUT2D eigenvalue weighted by atomic mass is 79.9. The van der Waals surface area contributed by atoms with Crippen molar-refractivity contribution in [1.82, 2.24) is 5.32 Å². The molecule has 0 spiro atoms. The summed E-state index contributed by atoms with van der Waals surface area (Å²) in [5, 5.41) is 4.34. The fourth-order valence-corrected chi connectivity index (χ4v) is 3.14. The van der Waals surface area contributed by atoms with Crippen molar-refractivity contribution in [2.75, 3.05) is 7.11 Å². The van der Waals surface area contributed by atoms with Gasteiger partial charge in [0.2, 0.25) is 0 Å². The maximum Gasteiger partial charge on any atom is 0.118 e. The molecule has 2 aromatic carbocycles. The van der Waals surface area contributed by atoms with Gasteiger partial charge < -0.3 is 10.1 Å². The van der Waals surface area contributed by atoms with E-state index in [1.165, 1.54) is 5.56 Å². The smallest absolute Gasteiger partial charge is 0.118 e. The summed E-state index contributed by atoms with van der Waals surface area (Å²) >= 11 is 9.74. The predicted molar refractivity (Wildman–Crippen MR) is 92.1 cm³/mol. The Morgan fingerprint density at radius 3 is 2.29 bits per heavy atom. The van der Waals surface area contributed by atoms with Gasteiger partial charge in [-0.15, -0.1) is 0 Å². The van der Waals surface area contributed by atoms with Crippen molar-refractivity contribution < 1.29 is 4.74 Å². The summed E-state index contributed by atoms with van der Waals surface area (Å²) in [7, 11) is 1.67. The van der Waals surface area contributed by atoms with E-state index in [1.807, 2.05) is 30.3 Å². The van der Waals surface area contributed by atoms with E-state index in [0.717, 1.165) is 20.8 Å². The van der Waals surface area contributed by atoms with Gasteiger partial charge in [0.25, 0.3) is 0 Å². The van der Waals surface area contributed by atoms with E-state index in [0.29, 0.717) is 0 Å². The molecule has 0 heterocycles. The summed E-state index contributed by atoms with van der Waals surface area (Å²) in [4.78, 5) is 0. The number of rotatable bonds is 5. The fourth-order valence-electron chi connectivity index (χ4n) is 2.31. The van der Waals surface area contributed by atoms with Crippen LogP contribution in [-0.2, 0) is 0 Å². The highest BCUT2D eigenvalue weighted by Crippen LogP contribution is 2.28. The Balaban J connectivity index is 2.08. The van der Waals surface area contributed by atoms with E-state index in [-0.39, 0.29) is 12.1 Å². The lowest BCUT2D eigenvalue weighted by molar-refractivity contribution is 0.414. The molecule has 1 N–H and O–H groups in total. The zero-order valence-electron chi connectivity index (χ0n) is 12.4. The molecule has 0 aliphatic carbocycles. The van der Waals surface area contributed by atoms with Crippen LogP contribution in [0.3, 0.4) is 0 Å². The molecule has 2 unspecified atom stereocenters. The summed E-state index contributed by atoms with van der Waals surface area (Å²) in [6.45, 7) is 4.26. The van der Waals surface area contributed by atoms with Crippen molar-refractivity contribution in [1.29, 1.82) is 0 Å². The van der Waals surface area contributed by atoms with Crippen LogP contribution in [0.2, 0.25) is 5.02 Å². The molecule has 2 rings (SSSR count). The largest absolute Gasteiger partial charge is 0.497 e. The molecule has 0 radical (unpaired) electrons. The van der Waals surface area contributed by atoms with Crippen molar-refractivity contribution in [3.8, 4) is 5.75 Å². The molecule has 21 heavy (non-hydrogen) atoms. The third-order valence-electron chi connectivity index (χ3n) is 3.54. The topological polar surface area (TPSA) is 21.3 Å². The SMILES string of the molecule is COc1ccc(C(C)NC(C)c2ccc(Br)cc2Cl)cc1. The summed E-state index contributed by atoms with van der Waals surface area (Å²) in [6, 6.07) is 14.5. The van der Waals surface area contributed by atoms with Gasteiger partial charge in [0.05, 0.1) is 7.11 Å². The number of methoxy groups -OCH3 is 1. The van der Waals surface area contributed by atoms with E-state index in [4.69, 9.17) is 16.3 Å². The molecular formula is C17H19BrClNO. The number of hydrogen-bond acceptors (Lipinski definition) is 2. The van der Waals surface area contributed by atoms with Gasteiger partial charge in [-0.1, -0.05) is 45.7 Å². The zero-order valence-corrected chi connectivity index (χ0v) is 14.7. The van der Waals surface area contributed by atoms with Crippen LogP contribution < -0.4 is 10.1 Å². The van der Waals surface area contributed by atoms with Gasteiger partial charge in [-0.05, 0) is 49.2 Å². The molecule has 0 saturated carbocycles. The first-order valence-corrected chi connectivity index (χ1v) is 8.03. The van der Waals surface area contributed by atoms with Crippen LogP contribution in [0, 0.1) is 0 Å². The van der Waals surface area contributed by atoms with Crippen molar-refractivity contribution in [2.45, 2.75) is 25.9 Å². The molecule has 0 saturated heterocycles. The van der Waals surface area contributed by atoms with Crippen molar-refractivity contribution in [3.05, 3.63) is 63.1 Å². The Hall–Kier alpha value is -1.03. The van der Waals surface area contributed by atoms with Gasteiger partial charge in [-0.3, -0.25) is 0 Å². The van der Waals surface area contributed by atoms with Gasteiger partial charge in [0.15, 0.2) is 0 Å². The Kier molecular flexibility index (Phi) is 5.68. The molecule has 2 nitrogen and oxygen atoms in total. The number of halogens is 2.